The number of rotatable bonds is 0. The van der Waals surface area contributed by atoms with E-state index < -0.39 is 0 Å². The van der Waals surface area contributed by atoms with Crippen molar-refractivity contribution in [2.75, 3.05) is 0 Å². The van der Waals surface area contributed by atoms with Gasteiger partial charge < -0.3 is 4.74 Å². The third-order valence-corrected chi connectivity index (χ3v) is 3.98. The van der Waals surface area contributed by atoms with Gasteiger partial charge in [-0.25, -0.2) is 0 Å². The Kier molecular flexibility index (Phi) is 2.26. The first kappa shape index (κ1) is 11.7. The van der Waals surface area contributed by atoms with Crippen LogP contribution < -0.4 is 0 Å². The molecule has 1 aliphatic heterocycles. The Morgan fingerprint density at radius 3 is 1.94 bits per heavy atom. The minimum Gasteiger partial charge on any atom is -0.359 e. The van der Waals surface area contributed by atoms with Gasteiger partial charge in [-0.15, -0.1) is 0 Å². The van der Waals surface area contributed by atoms with Crippen LogP contribution in [0.3, 0.4) is 0 Å². The maximum absolute atomic E-state index is 6.37. The maximum Gasteiger partial charge on any atom is 0.0966 e. The molecular formula is C15H22O. The molecule has 1 heterocycles. The topological polar surface area (TPSA) is 9.23 Å². The second-order valence-electron chi connectivity index (χ2n) is 6.44. The Balaban J connectivity index is 2.65. The van der Waals surface area contributed by atoms with Crippen LogP contribution in [0.25, 0.3) is 0 Å². The van der Waals surface area contributed by atoms with Gasteiger partial charge in [0.15, 0.2) is 0 Å². The fourth-order valence-corrected chi connectivity index (χ4v) is 2.60. The number of benzene rings is 1. The molecule has 1 unspecified atom stereocenters. The fraction of sp³-hybridized carbons (Fsp3) is 0.600. The molecule has 0 aliphatic carbocycles. The summed E-state index contributed by atoms with van der Waals surface area (Å²) in [6, 6.07) is 8.59. The molecule has 16 heavy (non-hydrogen) atoms. The third-order valence-electron chi connectivity index (χ3n) is 3.98. The van der Waals surface area contributed by atoms with Gasteiger partial charge in [0, 0.05) is 0 Å². The van der Waals surface area contributed by atoms with E-state index in [1.165, 1.54) is 11.1 Å². The molecule has 0 saturated carbocycles. The molecule has 88 valence electrons. The molecule has 0 amide bonds. The lowest BCUT2D eigenvalue weighted by Crippen LogP contribution is -2.38. The highest BCUT2D eigenvalue weighted by atomic mass is 16.5. The Hall–Kier alpha value is -0.820. The van der Waals surface area contributed by atoms with Crippen LogP contribution in [-0.4, -0.2) is 0 Å². The van der Waals surface area contributed by atoms with Gasteiger partial charge in [0.1, 0.15) is 0 Å². The Bertz CT molecular complexity index is 412. The van der Waals surface area contributed by atoms with Crippen LogP contribution in [0.4, 0.5) is 0 Å². The van der Waals surface area contributed by atoms with Crippen molar-refractivity contribution >= 4 is 0 Å². The number of ether oxygens (including phenoxy) is 1. The van der Waals surface area contributed by atoms with Gasteiger partial charge in [-0.1, -0.05) is 45.0 Å². The van der Waals surface area contributed by atoms with Gasteiger partial charge in [-0.2, -0.15) is 0 Å². The van der Waals surface area contributed by atoms with Crippen molar-refractivity contribution < 1.29 is 4.74 Å². The monoisotopic (exact) mass is 218 g/mol. The normalized spacial score (nSPS) is 27.9. The van der Waals surface area contributed by atoms with Crippen molar-refractivity contribution in [3.05, 3.63) is 35.4 Å². The van der Waals surface area contributed by atoms with Gasteiger partial charge in [-0.05, 0) is 37.3 Å². The molecule has 1 aromatic carbocycles. The number of fused-ring (bicyclic) bond motifs is 1. The molecule has 0 radical (unpaired) electrons. The van der Waals surface area contributed by atoms with Gasteiger partial charge in [0.05, 0.1) is 11.2 Å². The smallest absolute Gasteiger partial charge is 0.0966 e. The van der Waals surface area contributed by atoms with Crippen molar-refractivity contribution in [2.45, 2.75) is 52.7 Å². The van der Waals surface area contributed by atoms with Crippen LogP contribution in [0.15, 0.2) is 24.3 Å². The summed E-state index contributed by atoms with van der Waals surface area (Å²) >= 11 is 0. The van der Waals surface area contributed by atoms with Gasteiger partial charge in [0.25, 0.3) is 0 Å². The van der Waals surface area contributed by atoms with Crippen LogP contribution in [0, 0.1) is 5.41 Å². The zero-order valence-electron chi connectivity index (χ0n) is 11.2. The summed E-state index contributed by atoms with van der Waals surface area (Å²) in [5, 5.41) is 0. The lowest BCUT2D eigenvalue weighted by molar-refractivity contribution is -0.167. The first-order valence-electron chi connectivity index (χ1n) is 5.99. The summed E-state index contributed by atoms with van der Waals surface area (Å²) < 4.78 is 6.37. The molecule has 0 N–H and O–H groups in total. The highest BCUT2D eigenvalue weighted by Crippen LogP contribution is 2.54. The minimum absolute atomic E-state index is 0.0941. The molecule has 1 heteroatoms. The average molecular weight is 218 g/mol. The van der Waals surface area contributed by atoms with Crippen molar-refractivity contribution in [1.29, 1.82) is 0 Å². The average Bonchev–Trinajstić information content (AvgIpc) is 2.36. The molecule has 1 aliphatic rings. The van der Waals surface area contributed by atoms with Gasteiger partial charge in [-0.3, -0.25) is 0 Å². The summed E-state index contributed by atoms with van der Waals surface area (Å²) in [5.74, 6) is 0. The molecule has 2 rings (SSSR count). The third kappa shape index (κ3) is 1.41. The largest absolute Gasteiger partial charge is 0.359 e. The molecule has 1 nitrogen and oxygen atoms in total. The van der Waals surface area contributed by atoms with Crippen LogP contribution in [0.2, 0.25) is 0 Å². The van der Waals surface area contributed by atoms with E-state index in [1.54, 1.807) is 0 Å². The van der Waals surface area contributed by atoms with Gasteiger partial charge in [0.2, 0.25) is 0 Å². The lowest BCUT2D eigenvalue weighted by atomic mass is 9.73. The van der Waals surface area contributed by atoms with Crippen molar-refractivity contribution in [2.24, 2.45) is 5.41 Å². The lowest BCUT2D eigenvalue weighted by Gasteiger charge is -2.40. The number of hydrogen-bond donors (Lipinski definition) is 0. The highest BCUT2D eigenvalue weighted by Gasteiger charge is 2.51. The van der Waals surface area contributed by atoms with E-state index in [4.69, 9.17) is 4.74 Å². The second kappa shape index (κ2) is 3.10. The maximum atomic E-state index is 6.37. The fourth-order valence-electron chi connectivity index (χ4n) is 2.60. The van der Waals surface area contributed by atoms with E-state index >= 15 is 0 Å². The standard InChI is InChI=1S/C15H22O/c1-13(2,3)15(6)12-10-8-7-9-11(12)14(4,5)16-15/h7-10H,1-6H3. The van der Waals surface area contributed by atoms with E-state index in [2.05, 4.69) is 65.8 Å². The summed E-state index contributed by atoms with van der Waals surface area (Å²) in [4.78, 5) is 0. The van der Waals surface area contributed by atoms with Crippen molar-refractivity contribution in [1.82, 2.24) is 0 Å². The predicted octanol–water partition coefficient (Wildman–Crippen LogP) is 4.21. The molecule has 0 saturated heterocycles. The van der Waals surface area contributed by atoms with Gasteiger partial charge >= 0.3 is 0 Å². The SMILES string of the molecule is CC1(C)OC(C)(C(C)(C)C)c2ccccc21. The molecule has 0 fully saturated rings. The zero-order valence-corrected chi connectivity index (χ0v) is 11.2. The predicted molar refractivity (Wildman–Crippen MR) is 67.4 cm³/mol. The van der Waals surface area contributed by atoms with E-state index in [0.717, 1.165) is 0 Å². The quantitative estimate of drug-likeness (QED) is 0.633. The second-order valence-corrected chi connectivity index (χ2v) is 6.44. The molecule has 0 spiro atoms. The van der Waals surface area contributed by atoms with E-state index in [9.17, 15) is 0 Å². The first-order chi connectivity index (χ1) is 7.18. The Morgan fingerprint density at radius 2 is 1.44 bits per heavy atom. The van der Waals surface area contributed by atoms with E-state index in [1.807, 2.05) is 0 Å². The summed E-state index contributed by atoms with van der Waals surface area (Å²) in [6.07, 6.45) is 0. The molecular weight excluding hydrogens is 196 g/mol. The first-order valence-corrected chi connectivity index (χ1v) is 5.99. The summed E-state index contributed by atoms with van der Waals surface area (Å²) in [6.45, 7) is 13.2. The Labute approximate surface area is 98.8 Å². The molecule has 1 atom stereocenters. The van der Waals surface area contributed by atoms with Crippen molar-refractivity contribution in [3.8, 4) is 0 Å². The molecule has 0 aromatic heterocycles. The van der Waals surface area contributed by atoms with Crippen LogP contribution in [0.1, 0.15) is 52.7 Å². The van der Waals surface area contributed by atoms with E-state index in [-0.39, 0.29) is 16.6 Å². The summed E-state index contributed by atoms with van der Waals surface area (Å²) in [7, 11) is 0. The highest BCUT2D eigenvalue weighted by molar-refractivity contribution is 5.41. The molecule has 1 aromatic rings. The minimum atomic E-state index is -0.201. The van der Waals surface area contributed by atoms with Crippen LogP contribution in [-0.2, 0) is 15.9 Å². The van der Waals surface area contributed by atoms with E-state index in [0.29, 0.717) is 0 Å². The number of hydrogen-bond acceptors (Lipinski definition) is 1. The summed E-state index contributed by atoms with van der Waals surface area (Å²) in [5.41, 5.74) is 2.38. The zero-order chi connectivity index (χ0) is 12.2. The van der Waals surface area contributed by atoms with Crippen molar-refractivity contribution in [3.63, 3.8) is 0 Å². The Morgan fingerprint density at radius 1 is 0.938 bits per heavy atom. The van der Waals surface area contributed by atoms with Crippen LogP contribution >= 0.6 is 0 Å². The van der Waals surface area contributed by atoms with Crippen LogP contribution in [0.5, 0.6) is 0 Å². The molecule has 0 bridgehead atoms.